The lowest BCUT2D eigenvalue weighted by atomic mass is 9.74. The fraction of sp³-hybridized carbons (Fsp3) is 0.118. The van der Waals surface area contributed by atoms with Crippen LogP contribution in [0.5, 0.6) is 0 Å². The normalized spacial score (nSPS) is 18.5. The summed E-state index contributed by atoms with van der Waals surface area (Å²) >= 11 is 12.1. The van der Waals surface area contributed by atoms with Gasteiger partial charge in [-0.2, -0.15) is 5.26 Å². The number of fused-ring (bicyclic) bond motifs is 2. The highest BCUT2D eigenvalue weighted by molar-refractivity contribution is 6.31. The molecule has 1 atom stereocenters. The third-order valence-electron chi connectivity index (χ3n) is 3.92. The van der Waals surface area contributed by atoms with Crippen molar-refractivity contribution in [2.75, 3.05) is 12.4 Å². The number of ether oxygens (including phenoxy) is 1. The highest BCUT2D eigenvalue weighted by Crippen LogP contribution is 2.43. The molecule has 1 unspecified atom stereocenters. The molecule has 1 aliphatic heterocycles. The Morgan fingerprint density at radius 1 is 1.17 bits per heavy atom. The first kappa shape index (κ1) is 16.3. The number of hydrogen-bond donors (Lipinski definition) is 1. The van der Waals surface area contributed by atoms with Gasteiger partial charge in [-0.25, -0.2) is 4.79 Å². The molecule has 0 aliphatic carbocycles. The van der Waals surface area contributed by atoms with Gasteiger partial charge in [0.15, 0.2) is 0 Å². The van der Waals surface area contributed by atoms with Crippen molar-refractivity contribution in [1.29, 1.82) is 5.26 Å². The third-order valence-corrected chi connectivity index (χ3v) is 4.39. The second-order valence-corrected chi connectivity index (χ2v) is 6.06. The minimum Gasteiger partial charge on any atom is -0.467 e. The molecule has 0 spiro atoms. The van der Waals surface area contributed by atoms with E-state index in [0.29, 0.717) is 10.7 Å². The lowest BCUT2D eigenvalue weighted by Gasteiger charge is -2.26. The van der Waals surface area contributed by atoms with Gasteiger partial charge >= 0.3 is 5.97 Å². The number of methoxy groups -OCH3 is 1. The van der Waals surface area contributed by atoms with Gasteiger partial charge in [0.25, 0.3) is 5.91 Å². The molecule has 0 bridgehead atoms. The van der Waals surface area contributed by atoms with Crippen molar-refractivity contribution in [3.05, 3.63) is 63.1 Å². The first-order chi connectivity index (χ1) is 11.4. The molecule has 0 aromatic heterocycles. The third kappa shape index (κ3) is 2.23. The van der Waals surface area contributed by atoms with E-state index in [0.717, 1.165) is 0 Å². The number of esters is 1. The molecule has 7 heteroatoms. The van der Waals surface area contributed by atoms with Crippen LogP contribution in [0, 0.1) is 11.3 Å². The predicted molar refractivity (Wildman–Crippen MR) is 89.3 cm³/mol. The molecule has 2 aromatic rings. The number of rotatable bonds is 1. The number of hydrogen-bond acceptors (Lipinski definition) is 4. The number of halogens is 2. The highest BCUT2D eigenvalue weighted by Gasteiger charge is 2.49. The minimum absolute atomic E-state index is 0.155. The van der Waals surface area contributed by atoms with Crippen molar-refractivity contribution >= 4 is 40.8 Å². The fourth-order valence-corrected chi connectivity index (χ4v) is 3.18. The quantitative estimate of drug-likeness (QED) is 0.788. The topological polar surface area (TPSA) is 79.2 Å². The molecule has 0 radical (unpaired) electrons. The predicted octanol–water partition coefficient (Wildman–Crippen LogP) is 3.54. The van der Waals surface area contributed by atoms with E-state index in [1.807, 2.05) is 6.07 Å². The molecular formula is C17H10Cl2N2O3. The summed E-state index contributed by atoms with van der Waals surface area (Å²) < 4.78 is 4.88. The smallest absolute Gasteiger partial charge is 0.335 e. The molecule has 1 amide bonds. The molecule has 1 heterocycles. The van der Waals surface area contributed by atoms with Crippen LogP contribution in [0.3, 0.4) is 0 Å². The standard InChI is InChI=1S/C17H10Cl2N2O3/c1-24-16(23)17(8-20)12-6-9(18)2-4-11(12)15(22)21-14-5-3-10(19)7-13(14)17/h2-7H,1H3,(H,21,22). The van der Waals surface area contributed by atoms with E-state index in [2.05, 4.69) is 5.32 Å². The fourth-order valence-electron chi connectivity index (χ4n) is 2.83. The summed E-state index contributed by atoms with van der Waals surface area (Å²) in [6, 6.07) is 11.0. The zero-order valence-electron chi connectivity index (χ0n) is 12.4. The molecule has 24 heavy (non-hydrogen) atoms. The first-order valence-corrected chi connectivity index (χ1v) is 7.60. The molecule has 120 valence electrons. The average molecular weight is 361 g/mol. The lowest BCUT2D eigenvalue weighted by Crippen LogP contribution is -2.37. The zero-order chi connectivity index (χ0) is 17.5. The molecule has 1 N–H and O–H groups in total. The van der Waals surface area contributed by atoms with Crippen LogP contribution in [0.2, 0.25) is 10.0 Å². The van der Waals surface area contributed by atoms with Crippen LogP contribution >= 0.6 is 23.2 Å². The molecule has 2 aromatic carbocycles. The van der Waals surface area contributed by atoms with E-state index < -0.39 is 17.3 Å². The second-order valence-electron chi connectivity index (χ2n) is 5.19. The molecule has 1 aliphatic rings. The van der Waals surface area contributed by atoms with Crippen molar-refractivity contribution in [2.45, 2.75) is 5.41 Å². The van der Waals surface area contributed by atoms with Crippen molar-refractivity contribution < 1.29 is 14.3 Å². The average Bonchev–Trinajstić information content (AvgIpc) is 2.67. The minimum atomic E-state index is -1.87. The summed E-state index contributed by atoms with van der Waals surface area (Å²) in [6.45, 7) is 0. The molecule has 0 saturated carbocycles. The Morgan fingerprint density at radius 2 is 1.79 bits per heavy atom. The highest BCUT2D eigenvalue weighted by atomic mass is 35.5. The van der Waals surface area contributed by atoms with Gasteiger partial charge in [0.2, 0.25) is 5.41 Å². The number of carbonyl (C=O) groups excluding carboxylic acids is 2. The van der Waals surface area contributed by atoms with E-state index >= 15 is 0 Å². The maximum absolute atomic E-state index is 12.7. The Hall–Kier alpha value is -2.55. The summed E-state index contributed by atoms with van der Waals surface area (Å²) in [6.07, 6.45) is 0. The van der Waals surface area contributed by atoms with Gasteiger partial charge in [-0.05, 0) is 36.4 Å². The van der Waals surface area contributed by atoms with E-state index in [9.17, 15) is 14.9 Å². The largest absolute Gasteiger partial charge is 0.467 e. The van der Waals surface area contributed by atoms with E-state index in [1.165, 1.54) is 37.4 Å². The Kier molecular flexibility index (Phi) is 3.96. The molecule has 0 fully saturated rings. The summed E-state index contributed by atoms with van der Waals surface area (Å²) in [5, 5.41) is 13.3. The van der Waals surface area contributed by atoms with Crippen LogP contribution in [-0.2, 0) is 14.9 Å². The Labute approximate surface area is 147 Å². The molecular weight excluding hydrogens is 351 g/mol. The Morgan fingerprint density at radius 3 is 2.42 bits per heavy atom. The summed E-state index contributed by atoms with van der Waals surface area (Å²) in [7, 11) is 1.18. The number of nitriles is 1. The number of amides is 1. The second kappa shape index (κ2) is 5.82. The first-order valence-electron chi connectivity index (χ1n) is 6.85. The van der Waals surface area contributed by atoms with E-state index in [4.69, 9.17) is 27.9 Å². The molecule has 0 saturated heterocycles. The summed E-state index contributed by atoms with van der Waals surface area (Å²) in [5.41, 5.74) is -1.00. The number of nitrogens with one attached hydrogen (secondary N) is 1. The van der Waals surface area contributed by atoms with Crippen LogP contribution in [0.25, 0.3) is 0 Å². The monoisotopic (exact) mass is 360 g/mol. The summed E-state index contributed by atoms with van der Waals surface area (Å²) in [5.74, 6) is -1.28. The number of benzene rings is 2. The number of carbonyl (C=O) groups is 2. The van der Waals surface area contributed by atoms with Gasteiger partial charge in [0.05, 0.1) is 13.2 Å². The van der Waals surface area contributed by atoms with Crippen molar-refractivity contribution in [3.8, 4) is 6.07 Å². The maximum atomic E-state index is 12.7. The van der Waals surface area contributed by atoms with Gasteiger partial charge in [-0.15, -0.1) is 0 Å². The van der Waals surface area contributed by atoms with Crippen molar-refractivity contribution in [3.63, 3.8) is 0 Å². The van der Waals surface area contributed by atoms with Gasteiger partial charge in [0, 0.05) is 32.4 Å². The maximum Gasteiger partial charge on any atom is 0.335 e. The van der Waals surface area contributed by atoms with Gasteiger partial charge in [-0.3, -0.25) is 4.79 Å². The van der Waals surface area contributed by atoms with Crippen molar-refractivity contribution in [1.82, 2.24) is 0 Å². The number of nitrogens with zero attached hydrogens (tertiary/aromatic N) is 1. The van der Waals surface area contributed by atoms with Crippen LogP contribution in [0.1, 0.15) is 21.5 Å². The van der Waals surface area contributed by atoms with Gasteiger partial charge < -0.3 is 10.1 Å². The van der Waals surface area contributed by atoms with Crippen molar-refractivity contribution in [2.24, 2.45) is 0 Å². The van der Waals surface area contributed by atoms with Crippen LogP contribution < -0.4 is 5.32 Å². The Balaban J connectivity index is 2.50. The van der Waals surface area contributed by atoms with Crippen LogP contribution in [-0.4, -0.2) is 19.0 Å². The number of anilines is 1. The molecule has 3 rings (SSSR count). The Bertz CT molecular complexity index is 921. The summed E-state index contributed by atoms with van der Waals surface area (Å²) in [4.78, 5) is 25.2. The van der Waals surface area contributed by atoms with E-state index in [1.54, 1.807) is 6.07 Å². The lowest BCUT2D eigenvalue weighted by molar-refractivity contribution is -0.143. The van der Waals surface area contributed by atoms with Crippen LogP contribution in [0.15, 0.2) is 36.4 Å². The SMILES string of the molecule is COC(=O)C1(C#N)c2cc(Cl)ccc2NC(=O)c2ccc(Cl)cc21. The zero-order valence-corrected chi connectivity index (χ0v) is 13.9. The van der Waals surface area contributed by atoms with Crippen LogP contribution in [0.4, 0.5) is 5.69 Å². The van der Waals surface area contributed by atoms with Gasteiger partial charge in [0.1, 0.15) is 0 Å². The molecule has 5 nitrogen and oxygen atoms in total. The van der Waals surface area contributed by atoms with E-state index in [-0.39, 0.29) is 21.7 Å². The van der Waals surface area contributed by atoms with Gasteiger partial charge in [-0.1, -0.05) is 23.2 Å².